The number of imide groups is 2. The molecule has 0 unspecified atom stereocenters. The van der Waals surface area contributed by atoms with Crippen LogP contribution in [0.25, 0.3) is 0 Å². The molecule has 0 aromatic heterocycles. The summed E-state index contributed by atoms with van der Waals surface area (Å²) in [5, 5.41) is 4.36. The van der Waals surface area contributed by atoms with Crippen molar-refractivity contribution in [2.45, 2.75) is 13.8 Å². The third-order valence-electron chi connectivity index (χ3n) is 4.45. The van der Waals surface area contributed by atoms with E-state index in [-0.39, 0.29) is 16.7 Å². The molecular formula is C22H21N3O7. The van der Waals surface area contributed by atoms with Gasteiger partial charge in [0, 0.05) is 6.54 Å². The van der Waals surface area contributed by atoms with Crippen molar-refractivity contribution in [1.29, 1.82) is 0 Å². The van der Waals surface area contributed by atoms with Crippen LogP contribution in [0.3, 0.4) is 0 Å². The normalized spacial score (nSPS) is 12.2. The first-order valence-electron chi connectivity index (χ1n) is 9.86. The van der Waals surface area contributed by atoms with Crippen LogP contribution in [0.4, 0.5) is 10.5 Å². The van der Waals surface area contributed by atoms with Crippen LogP contribution in [0.1, 0.15) is 44.9 Å². The van der Waals surface area contributed by atoms with Gasteiger partial charge in [-0.25, -0.2) is 14.5 Å². The van der Waals surface area contributed by atoms with Crippen LogP contribution in [0.2, 0.25) is 0 Å². The van der Waals surface area contributed by atoms with Crippen molar-refractivity contribution < 1.29 is 33.4 Å². The number of nitrogens with one attached hydrogen (secondary N) is 2. The van der Waals surface area contributed by atoms with E-state index in [1.165, 1.54) is 18.2 Å². The lowest BCUT2D eigenvalue weighted by atomic mass is 10.1. The first-order valence-corrected chi connectivity index (χ1v) is 9.86. The molecule has 0 saturated carbocycles. The number of esters is 1. The summed E-state index contributed by atoms with van der Waals surface area (Å²) in [5.41, 5.74) is 0.551. The Hall–Kier alpha value is -4.21. The van der Waals surface area contributed by atoms with Gasteiger partial charge in [0.2, 0.25) is 0 Å². The van der Waals surface area contributed by atoms with E-state index in [4.69, 9.17) is 9.47 Å². The molecule has 1 aliphatic heterocycles. The van der Waals surface area contributed by atoms with Crippen molar-refractivity contribution in [2.75, 3.05) is 24.7 Å². The fraction of sp³-hybridized carbons (Fsp3) is 0.227. The van der Waals surface area contributed by atoms with Gasteiger partial charge in [0.15, 0.2) is 6.61 Å². The lowest BCUT2D eigenvalue weighted by Gasteiger charge is -2.14. The quantitative estimate of drug-likeness (QED) is 0.497. The predicted molar refractivity (Wildman–Crippen MR) is 113 cm³/mol. The molecule has 0 bridgehead atoms. The van der Waals surface area contributed by atoms with Crippen LogP contribution in [-0.4, -0.2) is 49.5 Å². The summed E-state index contributed by atoms with van der Waals surface area (Å²) >= 11 is 0. The highest BCUT2D eigenvalue weighted by Crippen LogP contribution is 2.30. The summed E-state index contributed by atoms with van der Waals surface area (Å²) in [4.78, 5) is 61.8. The molecule has 5 amide bonds. The monoisotopic (exact) mass is 439 g/mol. The molecule has 0 spiro atoms. The average molecular weight is 439 g/mol. The Kier molecular flexibility index (Phi) is 6.83. The molecule has 3 rings (SSSR count). The number of rotatable bonds is 7. The minimum absolute atomic E-state index is 0.00995. The van der Waals surface area contributed by atoms with Gasteiger partial charge >= 0.3 is 12.0 Å². The summed E-state index contributed by atoms with van der Waals surface area (Å²) in [5.74, 6) is -2.18. The molecule has 0 aliphatic carbocycles. The number of carbonyl (C=O) groups is 5. The number of nitrogens with zero attached hydrogens (tertiary/aromatic N) is 1. The Bertz CT molecular complexity index is 1080. The van der Waals surface area contributed by atoms with Gasteiger partial charge in [0.25, 0.3) is 17.7 Å². The van der Waals surface area contributed by atoms with E-state index in [0.29, 0.717) is 24.6 Å². The van der Waals surface area contributed by atoms with Gasteiger partial charge in [-0.05, 0) is 56.3 Å². The number of amides is 5. The van der Waals surface area contributed by atoms with Crippen molar-refractivity contribution in [3.63, 3.8) is 0 Å². The SMILES string of the molecule is CCNC(=O)NC(=O)COC(=O)c1ccc2c(c1)C(=O)N(c1ccc(OCC)cc1)C2=O. The Morgan fingerprint density at radius 2 is 1.62 bits per heavy atom. The summed E-state index contributed by atoms with van der Waals surface area (Å²) < 4.78 is 10.2. The highest BCUT2D eigenvalue weighted by Gasteiger charge is 2.37. The van der Waals surface area contributed by atoms with E-state index in [0.717, 1.165) is 4.90 Å². The number of ether oxygens (including phenoxy) is 2. The van der Waals surface area contributed by atoms with Crippen LogP contribution in [0, 0.1) is 0 Å². The average Bonchev–Trinajstić information content (AvgIpc) is 3.02. The number of hydrogen-bond acceptors (Lipinski definition) is 7. The molecule has 0 radical (unpaired) electrons. The zero-order chi connectivity index (χ0) is 23.3. The first-order chi connectivity index (χ1) is 15.3. The predicted octanol–water partition coefficient (Wildman–Crippen LogP) is 1.89. The number of hydrogen-bond donors (Lipinski definition) is 2. The molecule has 1 heterocycles. The van der Waals surface area contributed by atoms with Gasteiger partial charge in [-0.3, -0.25) is 19.7 Å². The Morgan fingerprint density at radius 1 is 0.938 bits per heavy atom. The summed E-state index contributed by atoms with van der Waals surface area (Å²) in [6, 6.07) is 9.71. The molecule has 10 heteroatoms. The van der Waals surface area contributed by atoms with Crippen LogP contribution in [0.5, 0.6) is 5.75 Å². The second-order valence-electron chi connectivity index (χ2n) is 6.62. The number of benzene rings is 2. The maximum absolute atomic E-state index is 12.9. The zero-order valence-corrected chi connectivity index (χ0v) is 17.5. The summed E-state index contributed by atoms with van der Waals surface area (Å²) in [7, 11) is 0. The fourth-order valence-electron chi connectivity index (χ4n) is 3.04. The van der Waals surface area contributed by atoms with Gasteiger partial charge in [-0.1, -0.05) is 0 Å². The third kappa shape index (κ3) is 4.75. The van der Waals surface area contributed by atoms with Crippen molar-refractivity contribution >= 4 is 35.4 Å². The Labute approximate surface area is 183 Å². The van der Waals surface area contributed by atoms with E-state index in [2.05, 4.69) is 5.32 Å². The minimum atomic E-state index is -0.876. The van der Waals surface area contributed by atoms with Crippen molar-refractivity contribution in [1.82, 2.24) is 10.6 Å². The van der Waals surface area contributed by atoms with E-state index in [1.807, 2.05) is 12.2 Å². The van der Waals surface area contributed by atoms with Gasteiger partial charge in [0.1, 0.15) is 5.75 Å². The first kappa shape index (κ1) is 22.5. The molecule has 0 fully saturated rings. The molecule has 2 aromatic carbocycles. The van der Waals surface area contributed by atoms with Crippen molar-refractivity contribution in [2.24, 2.45) is 0 Å². The largest absolute Gasteiger partial charge is 0.494 e. The standard InChI is InChI=1S/C22H21N3O7/c1-3-23-22(30)24-18(26)12-32-21(29)13-5-10-16-17(11-13)20(28)25(19(16)27)14-6-8-15(9-7-14)31-4-2/h5-11H,3-4,12H2,1-2H3,(H2,23,24,26,30). The third-order valence-corrected chi connectivity index (χ3v) is 4.45. The Morgan fingerprint density at radius 3 is 2.28 bits per heavy atom. The maximum atomic E-state index is 12.9. The fourth-order valence-corrected chi connectivity index (χ4v) is 3.04. The molecule has 32 heavy (non-hydrogen) atoms. The number of anilines is 1. The number of fused-ring (bicyclic) bond motifs is 1. The van der Waals surface area contributed by atoms with Crippen LogP contribution >= 0.6 is 0 Å². The summed E-state index contributed by atoms with van der Waals surface area (Å²) in [6.45, 7) is 3.66. The van der Waals surface area contributed by atoms with E-state index in [9.17, 15) is 24.0 Å². The lowest BCUT2D eigenvalue weighted by molar-refractivity contribution is -0.123. The Balaban J connectivity index is 1.70. The van der Waals surface area contributed by atoms with Crippen molar-refractivity contribution in [3.05, 3.63) is 59.2 Å². The van der Waals surface area contributed by atoms with Crippen LogP contribution < -0.4 is 20.3 Å². The molecule has 0 saturated heterocycles. The number of urea groups is 1. The highest BCUT2D eigenvalue weighted by molar-refractivity contribution is 6.34. The molecule has 10 nitrogen and oxygen atoms in total. The summed E-state index contributed by atoms with van der Waals surface area (Å²) in [6.07, 6.45) is 0. The van der Waals surface area contributed by atoms with Gasteiger partial charge in [-0.2, -0.15) is 0 Å². The molecule has 0 atom stereocenters. The molecule has 2 N–H and O–H groups in total. The lowest BCUT2D eigenvalue weighted by Crippen LogP contribution is -2.41. The second-order valence-corrected chi connectivity index (χ2v) is 6.62. The second kappa shape index (κ2) is 9.73. The highest BCUT2D eigenvalue weighted by atomic mass is 16.5. The zero-order valence-electron chi connectivity index (χ0n) is 17.5. The number of carbonyl (C=O) groups excluding carboxylic acids is 5. The molecule has 2 aromatic rings. The maximum Gasteiger partial charge on any atom is 0.338 e. The minimum Gasteiger partial charge on any atom is -0.494 e. The molecule has 1 aliphatic rings. The molecular weight excluding hydrogens is 418 g/mol. The smallest absolute Gasteiger partial charge is 0.338 e. The van der Waals surface area contributed by atoms with Crippen LogP contribution in [-0.2, 0) is 9.53 Å². The van der Waals surface area contributed by atoms with E-state index in [1.54, 1.807) is 31.2 Å². The van der Waals surface area contributed by atoms with Gasteiger partial charge in [0.05, 0.1) is 29.0 Å². The van der Waals surface area contributed by atoms with Crippen LogP contribution in [0.15, 0.2) is 42.5 Å². The van der Waals surface area contributed by atoms with Crippen molar-refractivity contribution in [3.8, 4) is 5.75 Å². The topological polar surface area (TPSA) is 131 Å². The van der Waals surface area contributed by atoms with Gasteiger partial charge in [-0.15, -0.1) is 0 Å². The van der Waals surface area contributed by atoms with Gasteiger partial charge < -0.3 is 14.8 Å². The van der Waals surface area contributed by atoms with E-state index >= 15 is 0 Å². The molecule has 166 valence electrons. The van der Waals surface area contributed by atoms with E-state index < -0.39 is 36.3 Å².